The van der Waals surface area contributed by atoms with Gasteiger partial charge < -0.3 is 5.73 Å². The maximum absolute atomic E-state index is 6.12. The van der Waals surface area contributed by atoms with Crippen LogP contribution in [0.4, 0.5) is 0 Å². The molecule has 1 unspecified atom stereocenters. The molecule has 1 aliphatic carbocycles. The Labute approximate surface area is 111 Å². The maximum atomic E-state index is 6.12. The molecule has 1 aliphatic rings. The van der Waals surface area contributed by atoms with Crippen molar-refractivity contribution >= 4 is 0 Å². The first kappa shape index (κ1) is 13.6. The molecule has 1 atom stereocenters. The van der Waals surface area contributed by atoms with Gasteiger partial charge in [-0.3, -0.25) is 4.68 Å². The van der Waals surface area contributed by atoms with Crippen molar-refractivity contribution in [2.24, 2.45) is 11.7 Å². The third kappa shape index (κ3) is 3.84. The largest absolute Gasteiger partial charge is 0.328 e. The Kier molecular flexibility index (Phi) is 4.81. The van der Waals surface area contributed by atoms with Gasteiger partial charge >= 0.3 is 0 Å². The summed E-state index contributed by atoms with van der Waals surface area (Å²) in [7, 11) is 0. The van der Waals surface area contributed by atoms with E-state index in [9.17, 15) is 0 Å². The number of aromatic nitrogens is 2. The zero-order chi connectivity index (χ0) is 13.0. The van der Waals surface area contributed by atoms with Crippen molar-refractivity contribution in [1.82, 2.24) is 9.78 Å². The molecule has 102 valence electrons. The van der Waals surface area contributed by atoms with Gasteiger partial charge in [-0.05, 0) is 44.1 Å². The second kappa shape index (κ2) is 6.37. The third-order valence-electron chi connectivity index (χ3n) is 3.91. The molecule has 2 N–H and O–H groups in total. The van der Waals surface area contributed by atoms with Crippen LogP contribution in [0.25, 0.3) is 0 Å². The predicted octanol–water partition coefficient (Wildman–Crippen LogP) is 3.30. The minimum absolute atomic E-state index is 0.321. The van der Waals surface area contributed by atoms with E-state index < -0.39 is 0 Å². The zero-order valence-electron chi connectivity index (χ0n) is 11.8. The van der Waals surface area contributed by atoms with Crippen molar-refractivity contribution in [1.29, 1.82) is 0 Å². The monoisotopic (exact) mass is 249 g/mol. The van der Waals surface area contributed by atoms with Crippen molar-refractivity contribution < 1.29 is 0 Å². The van der Waals surface area contributed by atoms with Crippen molar-refractivity contribution in [2.45, 2.75) is 70.9 Å². The number of aryl methyl sites for hydroxylation is 1. The molecule has 1 aromatic rings. The fraction of sp³-hybridized carbons (Fsp3) is 0.800. The quantitative estimate of drug-likeness (QED) is 0.840. The summed E-state index contributed by atoms with van der Waals surface area (Å²) >= 11 is 0. The van der Waals surface area contributed by atoms with E-state index in [0.29, 0.717) is 18.0 Å². The second-order valence-electron chi connectivity index (χ2n) is 6.15. The van der Waals surface area contributed by atoms with Crippen molar-refractivity contribution in [2.75, 3.05) is 0 Å². The third-order valence-corrected chi connectivity index (χ3v) is 3.91. The fourth-order valence-corrected chi connectivity index (χ4v) is 2.94. The van der Waals surface area contributed by atoms with Crippen LogP contribution in [0.2, 0.25) is 0 Å². The number of hydrogen-bond acceptors (Lipinski definition) is 2. The second-order valence-corrected chi connectivity index (χ2v) is 6.15. The minimum Gasteiger partial charge on any atom is -0.328 e. The molecule has 18 heavy (non-hydrogen) atoms. The molecule has 1 fully saturated rings. The van der Waals surface area contributed by atoms with Gasteiger partial charge in [0, 0.05) is 12.2 Å². The van der Waals surface area contributed by atoms with E-state index in [2.05, 4.69) is 30.8 Å². The maximum Gasteiger partial charge on any atom is 0.0625 e. The van der Waals surface area contributed by atoms with Crippen LogP contribution in [0.15, 0.2) is 12.3 Å². The SMILES string of the molecule is CC(C)CC(N)CCc1ccn(C2CCCC2)n1. The molecule has 0 bridgehead atoms. The highest BCUT2D eigenvalue weighted by Gasteiger charge is 2.17. The molecule has 0 radical (unpaired) electrons. The van der Waals surface area contributed by atoms with Crippen LogP contribution in [0.1, 0.15) is 64.1 Å². The Morgan fingerprint density at radius 2 is 2.11 bits per heavy atom. The van der Waals surface area contributed by atoms with Crippen LogP contribution in [0.3, 0.4) is 0 Å². The molecule has 0 aliphatic heterocycles. The normalized spacial score (nSPS) is 18.7. The Morgan fingerprint density at radius 1 is 1.39 bits per heavy atom. The molecule has 0 saturated heterocycles. The van der Waals surface area contributed by atoms with Gasteiger partial charge in [-0.1, -0.05) is 26.7 Å². The Morgan fingerprint density at radius 3 is 2.78 bits per heavy atom. The van der Waals surface area contributed by atoms with E-state index in [1.165, 1.54) is 31.4 Å². The smallest absolute Gasteiger partial charge is 0.0625 e. The summed E-state index contributed by atoms with van der Waals surface area (Å²) < 4.78 is 2.18. The number of nitrogens with two attached hydrogens (primary N) is 1. The molecule has 1 saturated carbocycles. The Bertz CT molecular complexity index is 350. The highest BCUT2D eigenvalue weighted by atomic mass is 15.3. The highest BCUT2D eigenvalue weighted by molar-refractivity contribution is 5.01. The van der Waals surface area contributed by atoms with E-state index in [1.807, 2.05) is 0 Å². The molecular formula is C15H27N3. The zero-order valence-corrected chi connectivity index (χ0v) is 11.8. The van der Waals surface area contributed by atoms with Crippen LogP contribution >= 0.6 is 0 Å². The van der Waals surface area contributed by atoms with Crippen molar-refractivity contribution in [3.63, 3.8) is 0 Å². The van der Waals surface area contributed by atoms with Crippen LogP contribution in [-0.4, -0.2) is 15.8 Å². The molecule has 3 nitrogen and oxygen atoms in total. The van der Waals surface area contributed by atoms with Crippen molar-refractivity contribution in [3.8, 4) is 0 Å². The molecular weight excluding hydrogens is 222 g/mol. The lowest BCUT2D eigenvalue weighted by molar-refractivity contribution is 0.453. The van der Waals surface area contributed by atoms with Gasteiger partial charge in [0.25, 0.3) is 0 Å². The lowest BCUT2D eigenvalue weighted by atomic mass is 10.00. The summed E-state index contributed by atoms with van der Waals surface area (Å²) in [5.41, 5.74) is 7.33. The Balaban J connectivity index is 1.79. The molecule has 0 aromatic carbocycles. The average Bonchev–Trinajstić information content (AvgIpc) is 2.96. The average molecular weight is 249 g/mol. The molecule has 1 heterocycles. The standard InChI is InChI=1S/C15H27N3/c1-12(2)11-13(16)7-8-14-9-10-18(17-14)15-5-3-4-6-15/h9-10,12-13,15H,3-8,11,16H2,1-2H3. The van der Waals surface area contributed by atoms with Gasteiger partial charge in [-0.25, -0.2) is 0 Å². The number of hydrogen-bond donors (Lipinski definition) is 1. The summed E-state index contributed by atoms with van der Waals surface area (Å²) in [5.74, 6) is 0.691. The number of rotatable bonds is 6. The van der Waals surface area contributed by atoms with E-state index in [-0.39, 0.29) is 0 Å². The molecule has 2 rings (SSSR count). The summed E-state index contributed by atoms with van der Waals surface area (Å²) in [6.45, 7) is 4.46. The van der Waals surface area contributed by atoms with Gasteiger partial charge in [-0.2, -0.15) is 5.10 Å². The Hall–Kier alpha value is -0.830. The van der Waals surface area contributed by atoms with Gasteiger partial charge in [-0.15, -0.1) is 0 Å². The van der Waals surface area contributed by atoms with Gasteiger partial charge in [0.15, 0.2) is 0 Å². The van der Waals surface area contributed by atoms with Crippen LogP contribution in [0.5, 0.6) is 0 Å². The van der Waals surface area contributed by atoms with Gasteiger partial charge in [0.05, 0.1) is 11.7 Å². The predicted molar refractivity (Wildman–Crippen MR) is 75.5 cm³/mol. The fourth-order valence-electron chi connectivity index (χ4n) is 2.94. The molecule has 0 spiro atoms. The van der Waals surface area contributed by atoms with E-state index in [0.717, 1.165) is 19.3 Å². The van der Waals surface area contributed by atoms with E-state index in [4.69, 9.17) is 10.8 Å². The highest BCUT2D eigenvalue weighted by Crippen LogP contribution is 2.28. The summed E-state index contributed by atoms with van der Waals surface area (Å²) in [5, 5.41) is 4.70. The van der Waals surface area contributed by atoms with E-state index in [1.54, 1.807) is 0 Å². The minimum atomic E-state index is 0.321. The van der Waals surface area contributed by atoms with Gasteiger partial charge in [0.2, 0.25) is 0 Å². The van der Waals surface area contributed by atoms with Crippen molar-refractivity contribution in [3.05, 3.63) is 18.0 Å². The first-order valence-corrected chi connectivity index (χ1v) is 7.44. The van der Waals surface area contributed by atoms with E-state index >= 15 is 0 Å². The number of nitrogens with zero attached hydrogens (tertiary/aromatic N) is 2. The molecule has 3 heteroatoms. The summed E-state index contributed by atoms with van der Waals surface area (Å²) in [6.07, 6.45) is 10.7. The lowest BCUT2D eigenvalue weighted by Gasteiger charge is -2.13. The van der Waals surface area contributed by atoms with Crippen LogP contribution in [0, 0.1) is 5.92 Å². The summed E-state index contributed by atoms with van der Waals surface area (Å²) in [4.78, 5) is 0. The first-order valence-electron chi connectivity index (χ1n) is 7.44. The van der Waals surface area contributed by atoms with Crippen LogP contribution < -0.4 is 5.73 Å². The topological polar surface area (TPSA) is 43.8 Å². The lowest BCUT2D eigenvalue weighted by Crippen LogP contribution is -2.22. The van der Waals surface area contributed by atoms with Gasteiger partial charge in [0.1, 0.15) is 0 Å². The first-order chi connectivity index (χ1) is 8.65. The molecule has 1 aromatic heterocycles. The van der Waals surface area contributed by atoms with Crippen LogP contribution in [-0.2, 0) is 6.42 Å². The summed E-state index contributed by atoms with van der Waals surface area (Å²) in [6, 6.07) is 3.14. The molecule has 0 amide bonds.